The Hall–Kier alpha value is -0.860. The topological polar surface area (TPSA) is 32.3 Å². The van der Waals surface area contributed by atoms with Gasteiger partial charge in [0.2, 0.25) is 0 Å². The first-order valence-electron chi connectivity index (χ1n) is 7.62. The Morgan fingerprint density at radius 2 is 1.74 bits per heavy atom. The molecule has 0 aromatic heterocycles. The van der Waals surface area contributed by atoms with Crippen LogP contribution in [0.3, 0.4) is 0 Å². The van der Waals surface area contributed by atoms with E-state index in [0.717, 1.165) is 5.92 Å². The largest absolute Gasteiger partial charge is 0.395 e. The van der Waals surface area contributed by atoms with Gasteiger partial charge in [0, 0.05) is 12.1 Å². The van der Waals surface area contributed by atoms with Crippen LogP contribution in [0.15, 0.2) is 30.3 Å². The molecule has 1 aliphatic rings. The third-order valence-corrected chi connectivity index (χ3v) is 4.45. The molecular formula is C17H27NO. The lowest BCUT2D eigenvalue weighted by Gasteiger charge is -2.33. The van der Waals surface area contributed by atoms with Crippen molar-refractivity contribution in [1.82, 2.24) is 5.32 Å². The summed E-state index contributed by atoms with van der Waals surface area (Å²) in [6, 6.07) is 11.7. The number of aliphatic hydroxyl groups excluding tert-OH is 1. The van der Waals surface area contributed by atoms with Crippen molar-refractivity contribution in [2.45, 2.75) is 57.5 Å². The molecule has 0 heterocycles. The van der Waals surface area contributed by atoms with Crippen LogP contribution in [-0.2, 0) is 0 Å². The summed E-state index contributed by atoms with van der Waals surface area (Å²) < 4.78 is 0. The summed E-state index contributed by atoms with van der Waals surface area (Å²) in [6.45, 7) is 4.59. The Labute approximate surface area is 117 Å². The second kappa shape index (κ2) is 7.06. The van der Waals surface area contributed by atoms with Crippen LogP contribution >= 0.6 is 0 Å². The second-order valence-electron chi connectivity index (χ2n) is 6.16. The molecule has 1 saturated carbocycles. The first-order valence-corrected chi connectivity index (χ1v) is 7.62. The minimum Gasteiger partial charge on any atom is -0.395 e. The molecule has 106 valence electrons. The highest BCUT2D eigenvalue weighted by molar-refractivity contribution is 5.20. The van der Waals surface area contributed by atoms with E-state index in [2.05, 4.69) is 49.5 Å². The number of aliphatic hydroxyl groups is 1. The average molecular weight is 261 g/mol. The molecule has 0 saturated heterocycles. The van der Waals surface area contributed by atoms with Gasteiger partial charge in [-0.2, -0.15) is 0 Å². The molecule has 1 aromatic carbocycles. The highest BCUT2D eigenvalue weighted by Gasteiger charge is 2.24. The lowest BCUT2D eigenvalue weighted by atomic mass is 9.81. The molecule has 2 heteroatoms. The van der Waals surface area contributed by atoms with Crippen molar-refractivity contribution in [3.63, 3.8) is 0 Å². The molecule has 1 atom stereocenters. The fourth-order valence-corrected chi connectivity index (χ4v) is 3.08. The van der Waals surface area contributed by atoms with E-state index in [9.17, 15) is 5.11 Å². The minimum absolute atomic E-state index is 0.246. The minimum atomic E-state index is 0.246. The zero-order valence-corrected chi connectivity index (χ0v) is 12.2. The first-order chi connectivity index (χ1) is 9.20. The van der Waals surface area contributed by atoms with Gasteiger partial charge in [-0.25, -0.2) is 0 Å². The highest BCUT2D eigenvalue weighted by Crippen LogP contribution is 2.32. The summed E-state index contributed by atoms with van der Waals surface area (Å²) in [5, 5.41) is 13.0. The number of benzene rings is 1. The Kier molecular flexibility index (Phi) is 5.41. The highest BCUT2D eigenvalue weighted by atomic mass is 16.3. The van der Waals surface area contributed by atoms with Crippen molar-refractivity contribution >= 4 is 0 Å². The third kappa shape index (κ3) is 4.05. The van der Waals surface area contributed by atoms with E-state index in [0.29, 0.717) is 12.0 Å². The van der Waals surface area contributed by atoms with Crippen molar-refractivity contribution in [1.29, 1.82) is 0 Å². The Morgan fingerprint density at radius 1 is 1.11 bits per heavy atom. The van der Waals surface area contributed by atoms with E-state index in [1.54, 1.807) is 0 Å². The zero-order chi connectivity index (χ0) is 13.7. The van der Waals surface area contributed by atoms with Crippen LogP contribution in [0.1, 0.15) is 51.0 Å². The zero-order valence-electron chi connectivity index (χ0n) is 12.2. The monoisotopic (exact) mass is 261 g/mol. The number of hydrogen-bond acceptors (Lipinski definition) is 2. The van der Waals surface area contributed by atoms with Crippen LogP contribution in [0.25, 0.3) is 0 Å². The maximum Gasteiger partial charge on any atom is 0.0587 e. The van der Waals surface area contributed by atoms with Gasteiger partial charge in [0.1, 0.15) is 0 Å². The molecule has 19 heavy (non-hydrogen) atoms. The van der Waals surface area contributed by atoms with Gasteiger partial charge in [0.15, 0.2) is 0 Å². The van der Waals surface area contributed by atoms with Gasteiger partial charge in [-0.15, -0.1) is 0 Å². The van der Waals surface area contributed by atoms with Gasteiger partial charge in [-0.05, 0) is 43.1 Å². The molecule has 0 aliphatic heterocycles. The fourth-order valence-electron chi connectivity index (χ4n) is 3.08. The quantitative estimate of drug-likeness (QED) is 0.852. The van der Waals surface area contributed by atoms with E-state index in [1.165, 1.54) is 31.2 Å². The predicted octanol–water partition coefficient (Wildman–Crippen LogP) is 3.32. The molecule has 2 nitrogen and oxygen atoms in total. The summed E-state index contributed by atoms with van der Waals surface area (Å²) in [4.78, 5) is 0. The third-order valence-electron chi connectivity index (χ3n) is 4.45. The predicted molar refractivity (Wildman–Crippen MR) is 80.3 cm³/mol. The Bertz CT molecular complexity index is 355. The van der Waals surface area contributed by atoms with Gasteiger partial charge >= 0.3 is 0 Å². The Morgan fingerprint density at radius 3 is 2.26 bits per heavy atom. The van der Waals surface area contributed by atoms with Crippen molar-refractivity contribution in [3.05, 3.63) is 35.9 Å². The van der Waals surface area contributed by atoms with Gasteiger partial charge in [-0.1, -0.05) is 44.2 Å². The van der Waals surface area contributed by atoms with Crippen molar-refractivity contribution in [2.24, 2.45) is 5.92 Å². The van der Waals surface area contributed by atoms with Gasteiger partial charge in [-0.3, -0.25) is 0 Å². The molecular weight excluding hydrogens is 234 g/mol. The normalized spacial score (nSPS) is 25.5. The van der Waals surface area contributed by atoms with Gasteiger partial charge in [0.05, 0.1) is 6.61 Å². The molecule has 0 amide bonds. The standard InChI is InChI=1S/C17H27NO/c1-13(2)17(12-19)18-16-10-8-15(9-11-16)14-6-4-3-5-7-14/h3-7,13,15-19H,8-12H2,1-2H3/t15?,16?,17-/m1/s1. The van der Waals surface area contributed by atoms with Crippen molar-refractivity contribution in [2.75, 3.05) is 6.61 Å². The summed E-state index contributed by atoms with van der Waals surface area (Å²) >= 11 is 0. The average Bonchev–Trinajstić information content (AvgIpc) is 2.46. The van der Waals surface area contributed by atoms with E-state index in [4.69, 9.17) is 0 Å². The van der Waals surface area contributed by atoms with Crippen LogP contribution < -0.4 is 5.32 Å². The molecule has 0 spiro atoms. The summed E-state index contributed by atoms with van der Waals surface area (Å²) in [5.41, 5.74) is 1.49. The van der Waals surface area contributed by atoms with E-state index in [1.807, 2.05) is 0 Å². The summed E-state index contributed by atoms with van der Waals surface area (Å²) in [6.07, 6.45) is 4.97. The van der Waals surface area contributed by atoms with E-state index < -0.39 is 0 Å². The van der Waals surface area contributed by atoms with Crippen LogP contribution in [-0.4, -0.2) is 23.8 Å². The van der Waals surface area contributed by atoms with Gasteiger partial charge < -0.3 is 10.4 Å². The molecule has 0 radical (unpaired) electrons. The number of hydrogen-bond donors (Lipinski definition) is 2. The van der Waals surface area contributed by atoms with Gasteiger partial charge in [0.25, 0.3) is 0 Å². The van der Waals surface area contributed by atoms with Crippen molar-refractivity contribution < 1.29 is 5.11 Å². The molecule has 0 bridgehead atoms. The van der Waals surface area contributed by atoms with Crippen LogP contribution in [0.4, 0.5) is 0 Å². The lowest BCUT2D eigenvalue weighted by molar-refractivity contribution is 0.185. The lowest BCUT2D eigenvalue weighted by Crippen LogP contribution is -2.45. The first kappa shape index (κ1) is 14.5. The molecule has 1 aromatic rings. The second-order valence-corrected chi connectivity index (χ2v) is 6.16. The summed E-state index contributed by atoms with van der Waals surface area (Å²) in [7, 11) is 0. The molecule has 2 N–H and O–H groups in total. The Balaban J connectivity index is 1.82. The van der Waals surface area contributed by atoms with Crippen LogP contribution in [0.2, 0.25) is 0 Å². The SMILES string of the molecule is CC(C)[C@@H](CO)NC1CCC(c2ccccc2)CC1. The van der Waals surface area contributed by atoms with Crippen LogP contribution in [0.5, 0.6) is 0 Å². The molecule has 2 rings (SSSR count). The number of rotatable bonds is 5. The smallest absolute Gasteiger partial charge is 0.0587 e. The molecule has 1 fully saturated rings. The maximum atomic E-state index is 9.39. The van der Waals surface area contributed by atoms with E-state index >= 15 is 0 Å². The fraction of sp³-hybridized carbons (Fsp3) is 0.647. The summed E-state index contributed by atoms with van der Waals surface area (Å²) in [5.74, 6) is 1.22. The van der Waals surface area contributed by atoms with Crippen molar-refractivity contribution in [3.8, 4) is 0 Å². The number of nitrogens with one attached hydrogen (secondary N) is 1. The maximum absolute atomic E-state index is 9.39. The molecule has 0 unspecified atom stereocenters. The van der Waals surface area contributed by atoms with Crippen LogP contribution in [0, 0.1) is 5.92 Å². The van der Waals surface area contributed by atoms with E-state index in [-0.39, 0.29) is 12.6 Å². The molecule has 1 aliphatic carbocycles.